The lowest BCUT2D eigenvalue weighted by molar-refractivity contribution is -0.118. The summed E-state index contributed by atoms with van der Waals surface area (Å²) >= 11 is 0. The Morgan fingerprint density at radius 2 is 2.35 bits per heavy atom. The number of halogens is 1. The number of nitrogens with zero attached hydrogens (tertiary/aromatic N) is 2. The Morgan fingerprint density at radius 1 is 1.59 bits per heavy atom. The molecule has 0 spiro atoms. The number of carbonyl (C=O) groups is 1. The smallest absolute Gasteiger partial charge is 0.244 e. The number of amides is 1. The average molecular weight is 233 g/mol. The van der Waals surface area contributed by atoms with E-state index in [4.69, 9.17) is 5.26 Å². The average Bonchev–Trinajstić information content (AvgIpc) is 2.70. The molecule has 0 aromatic heterocycles. The second-order valence-corrected chi connectivity index (χ2v) is 3.90. The Hall–Kier alpha value is -1.93. The molecule has 1 aromatic rings. The summed E-state index contributed by atoms with van der Waals surface area (Å²) in [5.74, 6) is -0.662. The van der Waals surface area contributed by atoms with Crippen LogP contribution in [0.25, 0.3) is 0 Å². The van der Waals surface area contributed by atoms with E-state index in [1.54, 1.807) is 7.05 Å². The second-order valence-electron chi connectivity index (χ2n) is 3.90. The number of nitriles is 1. The van der Waals surface area contributed by atoms with E-state index in [2.05, 4.69) is 5.32 Å². The van der Waals surface area contributed by atoms with Gasteiger partial charge >= 0.3 is 0 Å². The lowest BCUT2D eigenvalue weighted by Gasteiger charge is -2.17. The van der Waals surface area contributed by atoms with Crippen LogP contribution in [0.2, 0.25) is 0 Å². The molecule has 4 nitrogen and oxygen atoms in total. The lowest BCUT2D eigenvalue weighted by Crippen LogP contribution is -2.36. The maximum absolute atomic E-state index is 13.7. The summed E-state index contributed by atoms with van der Waals surface area (Å²) in [7, 11) is 1.71. The topological polar surface area (TPSA) is 56.1 Å². The van der Waals surface area contributed by atoms with E-state index >= 15 is 0 Å². The number of benzene rings is 1. The maximum Gasteiger partial charge on any atom is 0.244 e. The molecule has 1 aromatic carbocycles. The molecule has 0 saturated carbocycles. The fourth-order valence-corrected chi connectivity index (χ4v) is 1.98. The summed E-state index contributed by atoms with van der Waals surface area (Å²) < 4.78 is 13.7. The molecule has 1 unspecified atom stereocenters. The van der Waals surface area contributed by atoms with Crippen LogP contribution in [0.3, 0.4) is 0 Å². The molecule has 0 radical (unpaired) electrons. The predicted molar refractivity (Wildman–Crippen MR) is 60.9 cm³/mol. The standard InChI is InChI=1S/C12H12FN3O/c1-15-10-4-5-16(12(10)17)11-3-2-8(7-14)6-9(11)13/h2-3,6,10,15H,4-5H2,1H3. The van der Waals surface area contributed by atoms with Gasteiger partial charge in [-0.1, -0.05) is 0 Å². The highest BCUT2D eigenvalue weighted by molar-refractivity contribution is 5.99. The highest BCUT2D eigenvalue weighted by atomic mass is 19.1. The zero-order valence-electron chi connectivity index (χ0n) is 9.40. The van der Waals surface area contributed by atoms with Crippen molar-refractivity contribution >= 4 is 11.6 Å². The number of rotatable bonds is 2. The Bertz CT molecular complexity index is 495. The van der Waals surface area contributed by atoms with Crippen LogP contribution in [-0.4, -0.2) is 25.5 Å². The lowest BCUT2D eigenvalue weighted by atomic mass is 10.2. The van der Waals surface area contributed by atoms with E-state index in [0.717, 1.165) is 6.07 Å². The van der Waals surface area contributed by atoms with E-state index in [1.807, 2.05) is 6.07 Å². The van der Waals surface area contributed by atoms with Crippen molar-refractivity contribution in [1.82, 2.24) is 5.32 Å². The highest BCUT2D eigenvalue weighted by Gasteiger charge is 2.32. The van der Waals surface area contributed by atoms with Crippen molar-refractivity contribution in [3.05, 3.63) is 29.6 Å². The van der Waals surface area contributed by atoms with Crippen LogP contribution in [0.1, 0.15) is 12.0 Å². The number of carbonyl (C=O) groups excluding carboxylic acids is 1. The van der Waals surface area contributed by atoms with Crippen LogP contribution in [0.5, 0.6) is 0 Å². The molecule has 1 aliphatic heterocycles. The van der Waals surface area contributed by atoms with Crippen molar-refractivity contribution in [2.24, 2.45) is 0 Å². The maximum atomic E-state index is 13.7. The largest absolute Gasteiger partial charge is 0.309 e. The van der Waals surface area contributed by atoms with Gasteiger partial charge in [0.2, 0.25) is 5.91 Å². The summed E-state index contributed by atoms with van der Waals surface area (Å²) in [6.07, 6.45) is 0.661. The zero-order chi connectivity index (χ0) is 12.4. The van der Waals surface area contributed by atoms with E-state index < -0.39 is 5.82 Å². The van der Waals surface area contributed by atoms with Gasteiger partial charge in [-0.15, -0.1) is 0 Å². The molecule has 0 bridgehead atoms. The van der Waals surface area contributed by atoms with Crippen LogP contribution >= 0.6 is 0 Å². The first-order chi connectivity index (χ1) is 8.17. The van der Waals surface area contributed by atoms with Gasteiger partial charge in [-0.3, -0.25) is 4.79 Å². The van der Waals surface area contributed by atoms with Gasteiger partial charge in [0.15, 0.2) is 0 Å². The van der Waals surface area contributed by atoms with E-state index in [1.165, 1.54) is 17.0 Å². The number of likely N-dealkylation sites (N-methyl/N-ethyl adjacent to an activating group) is 1. The van der Waals surface area contributed by atoms with Crippen LogP contribution in [0, 0.1) is 17.1 Å². The molecule has 88 valence electrons. The Morgan fingerprint density at radius 3 is 2.88 bits per heavy atom. The Labute approximate surface area is 98.6 Å². The molecule has 1 aliphatic rings. The molecular weight excluding hydrogens is 221 g/mol. The van der Waals surface area contributed by atoms with Crippen LogP contribution in [0.15, 0.2) is 18.2 Å². The van der Waals surface area contributed by atoms with Crippen molar-refractivity contribution in [3.63, 3.8) is 0 Å². The van der Waals surface area contributed by atoms with Gasteiger partial charge in [-0.2, -0.15) is 5.26 Å². The third kappa shape index (κ3) is 1.99. The molecule has 2 rings (SSSR count). The van der Waals surface area contributed by atoms with Gasteiger partial charge in [0.25, 0.3) is 0 Å². The third-order valence-electron chi connectivity index (χ3n) is 2.92. The minimum absolute atomic E-state index is 0.129. The van der Waals surface area contributed by atoms with Gasteiger partial charge in [0, 0.05) is 6.54 Å². The highest BCUT2D eigenvalue weighted by Crippen LogP contribution is 2.25. The first-order valence-corrected chi connectivity index (χ1v) is 5.35. The van der Waals surface area contributed by atoms with Gasteiger partial charge < -0.3 is 10.2 Å². The van der Waals surface area contributed by atoms with Crippen molar-refractivity contribution in [3.8, 4) is 6.07 Å². The minimum Gasteiger partial charge on any atom is -0.309 e. The molecule has 1 saturated heterocycles. The fourth-order valence-electron chi connectivity index (χ4n) is 1.98. The molecule has 0 aliphatic carbocycles. The number of anilines is 1. The quantitative estimate of drug-likeness (QED) is 0.829. The third-order valence-corrected chi connectivity index (χ3v) is 2.92. The van der Waals surface area contributed by atoms with Crippen molar-refractivity contribution in [2.45, 2.75) is 12.5 Å². The number of hydrogen-bond donors (Lipinski definition) is 1. The summed E-state index contributed by atoms with van der Waals surface area (Å²) in [4.78, 5) is 13.3. The Balaban J connectivity index is 2.30. The number of nitrogens with one attached hydrogen (secondary N) is 1. The van der Waals surface area contributed by atoms with E-state index in [0.29, 0.717) is 13.0 Å². The summed E-state index contributed by atoms with van der Waals surface area (Å²) in [6.45, 7) is 0.493. The normalized spacial score (nSPS) is 19.5. The van der Waals surface area contributed by atoms with Gasteiger partial charge in [-0.05, 0) is 31.7 Å². The minimum atomic E-state index is -0.533. The van der Waals surface area contributed by atoms with Crippen molar-refractivity contribution in [2.75, 3.05) is 18.5 Å². The first kappa shape index (κ1) is 11.6. The molecule has 5 heteroatoms. The molecule has 1 fully saturated rings. The molecular formula is C12H12FN3O. The van der Waals surface area contributed by atoms with E-state index in [9.17, 15) is 9.18 Å². The van der Waals surface area contributed by atoms with Crippen LogP contribution < -0.4 is 10.2 Å². The van der Waals surface area contributed by atoms with Crippen LogP contribution in [0.4, 0.5) is 10.1 Å². The van der Waals surface area contributed by atoms with E-state index in [-0.39, 0.29) is 23.2 Å². The van der Waals surface area contributed by atoms with Crippen LogP contribution in [-0.2, 0) is 4.79 Å². The summed E-state index contributed by atoms with van der Waals surface area (Å²) in [6, 6.07) is 5.75. The monoisotopic (exact) mass is 233 g/mol. The predicted octanol–water partition coefficient (Wildman–Crippen LogP) is 1.02. The molecule has 1 heterocycles. The molecule has 1 N–H and O–H groups in total. The second kappa shape index (κ2) is 4.52. The van der Waals surface area contributed by atoms with Gasteiger partial charge in [-0.25, -0.2) is 4.39 Å². The fraction of sp³-hybridized carbons (Fsp3) is 0.333. The van der Waals surface area contributed by atoms with Crippen molar-refractivity contribution < 1.29 is 9.18 Å². The first-order valence-electron chi connectivity index (χ1n) is 5.35. The van der Waals surface area contributed by atoms with Crippen molar-refractivity contribution in [1.29, 1.82) is 5.26 Å². The summed E-state index contributed by atoms with van der Waals surface area (Å²) in [5.41, 5.74) is 0.495. The van der Waals surface area contributed by atoms with Gasteiger partial charge in [0.05, 0.1) is 23.4 Å². The number of hydrogen-bond acceptors (Lipinski definition) is 3. The molecule has 1 amide bonds. The molecule has 1 atom stereocenters. The zero-order valence-corrected chi connectivity index (χ0v) is 9.40. The summed E-state index contributed by atoms with van der Waals surface area (Å²) in [5, 5.41) is 11.5. The SMILES string of the molecule is CNC1CCN(c2ccc(C#N)cc2F)C1=O. The van der Waals surface area contributed by atoms with Gasteiger partial charge in [0.1, 0.15) is 5.82 Å². The Kier molecular flexibility index (Phi) is 3.07. The molecule has 17 heavy (non-hydrogen) atoms.